The molecule has 0 aliphatic carbocycles. The summed E-state index contributed by atoms with van der Waals surface area (Å²) in [5.41, 5.74) is 0.804. The Morgan fingerprint density at radius 1 is 1.16 bits per heavy atom. The number of amides is 1. The maximum absolute atomic E-state index is 14.7. The van der Waals surface area contributed by atoms with Gasteiger partial charge in [0.15, 0.2) is 0 Å². The van der Waals surface area contributed by atoms with E-state index in [-0.39, 0.29) is 18.0 Å². The number of sulfonamides is 1. The van der Waals surface area contributed by atoms with Crippen molar-refractivity contribution in [3.63, 3.8) is 0 Å². The highest BCUT2D eigenvalue weighted by Crippen LogP contribution is 2.28. The van der Waals surface area contributed by atoms with Gasteiger partial charge in [-0.1, -0.05) is 0 Å². The maximum Gasteiger partial charge on any atom is 0.414 e. The molecule has 2 fully saturated rings. The fraction of sp³-hybridized carbons (Fsp3) is 0.381. The molecule has 2 aromatic carbocycles. The fourth-order valence-corrected chi connectivity index (χ4v) is 4.67. The number of carbonyl (C=O) groups is 1. The number of methoxy groups -OCH3 is 1. The molecule has 2 heterocycles. The third-order valence-electron chi connectivity index (χ3n) is 5.34. The van der Waals surface area contributed by atoms with Crippen molar-refractivity contribution < 1.29 is 31.8 Å². The minimum Gasteiger partial charge on any atom is -0.497 e. The van der Waals surface area contributed by atoms with Crippen molar-refractivity contribution in [3.05, 3.63) is 48.3 Å². The van der Waals surface area contributed by atoms with Crippen LogP contribution in [0.4, 0.5) is 20.6 Å². The van der Waals surface area contributed by atoms with Crippen LogP contribution >= 0.6 is 0 Å². The molecule has 1 amide bonds. The highest BCUT2D eigenvalue weighted by Gasteiger charge is 2.33. The largest absolute Gasteiger partial charge is 0.497 e. The van der Waals surface area contributed by atoms with Crippen molar-refractivity contribution in [2.24, 2.45) is 0 Å². The standard InChI is InChI=1S/C21H24FN3O6S/c1-29-16-3-5-18(6-4-16)32(27,28)23-13-17-14-25(21(26)31-17)15-2-7-20(19(22)12-15)24-8-10-30-11-9-24/h2-7,12,17,23H,8-11,13-14H2,1H3/t17-/m0/s1. The Balaban J connectivity index is 1.39. The predicted molar refractivity (Wildman–Crippen MR) is 115 cm³/mol. The number of carbonyl (C=O) groups excluding carboxylic acids is 1. The SMILES string of the molecule is COc1ccc(S(=O)(=O)NC[C@H]2CN(c3ccc(N4CCOCC4)c(F)c3)C(=O)O2)cc1. The molecule has 2 saturated heterocycles. The molecule has 0 bridgehead atoms. The summed E-state index contributed by atoms with van der Waals surface area (Å²) in [6.45, 7) is 2.25. The molecule has 9 nitrogen and oxygen atoms in total. The van der Waals surface area contributed by atoms with E-state index in [1.807, 2.05) is 4.90 Å². The molecule has 0 saturated carbocycles. The molecule has 0 unspecified atom stereocenters. The van der Waals surface area contributed by atoms with E-state index in [0.29, 0.717) is 43.4 Å². The van der Waals surface area contributed by atoms with E-state index in [2.05, 4.69) is 4.72 Å². The summed E-state index contributed by atoms with van der Waals surface area (Å²) in [5, 5.41) is 0. The molecule has 2 aliphatic rings. The van der Waals surface area contributed by atoms with Crippen LogP contribution in [0.1, 0.15) is 0 Å². The van der Waals surface area contributed by atoms with Gasteiger partial charge < -0.3 is 19.1 Å². The van der Waals surface area contributed by atoms with Gasteiger partial charge in [-0.3, -0.25) is 4.90 Å². The number of hydrogen-bond donors (Lipinski definition) is 1. The first kappa shape index (κ1) is 22.3. The van der Waals surface area contributed by atoms with Gasteiger partial charge in [0.25, 0.3) is 0 Å². The molecule has 32 heavy (non-hydrogen) atoms. The van der Waals surface area contributed by atoms with E-state index in [1.165, 1.54) is 30.2 Å². The second kappa shape index (κ2) is 9.31. The molecular formula is C21H24FN3O6S. The van der Waals surface area contributed by atoms with Gasteiger partial charge >= 0.3 is 6.09 Å². The van der Waals surface area contributed by atoms with E-state index in [4.69, 9.17) is 14.2 Å². The zero-order valence-electron chi connectivity index (χ0n) is 17.5. The maximum atomic E-state index is 14.7. The van der Waals surface area contributed by atoms with Crippen LogP contribution in [0.2, 0.25) is 0 Å². The molecule has 1 atom stereocenters. The van der Waals surface area contributed by atoms with E-state index < -0.39 is 28.0 Å². The first-order valence-electron chi connectivity index (χ1n) is 10.1. The smallest absolute Gasteiger partial charge is 0.414 e. The molecule has 0 spiro atoms. The van der Waals surface area contributed by atoms with Gasteiger partial charge in [0.1, 0.15) is 17.7 Å². The quantitative estimate of drug-likeness (QED) is 0.668. The number of nitrogens with one attached hydrogen (secondary N) is 1. The number of anilines is 2. The lowest BCUT2D eigenvalue weighted by Gasteiger charge is -2.29. The van der Waals surface area contributed by atoms with Crippen LogP contribution in [-0.2, 0) is 19.5 Å². The second-order valence-electron chi connectivity index (χ2n) is 7.38. The Hall–Kier alpha value is -2.89. The summed E-state index contributed by atoms with van der Waals surface area (Å²) in [5.74, 6) is 0.0945. The Labute approximate surface area is 185 Å². The Bertz CT molecular complexity index is 1070. The van der Waals surface area contributed by atoms with Crippen molar-refractivity contribution in [2.75, 3.05) is 56.3 Å². The lowest BCUT2D eigenvalue weighted by molar-refractivity contribution is 0.122. The average molecular weight is 466 g/mol. The van der Waals surface area contributed by atoms with Crippen LogP contribution in [0, 0.1) is 5.82 Å². The van der Waals surface area contributed by atoms with Crippen LogP contribution in [-0.4, -0.2) is 67.1 Å². The van der Waals surface area contributed by atoms with Crippen LogP contribution in [0.5, 0.6) is 5.75 Å². The molecule has 1 N–H and O–H groups in total. The van der Waals surface area contributed by atoms with Crippen LogP contribution < -0.4 is 19.3 Å². The molecule has 0 radical (unpaired) electrons. The highest BCUT2D eigenvalue weighted by atomic mass is 32.2. The number of ether oxygens (including phenoxy) is 3. The normalized spacial score (nSPS) is 19.2. The average Bonchev–Trinajstić information content (AvgIpc) is 3.19. The molecule has 2 aliphatic heterocycles. The minimum absolute atomic E-state index is 0.0697. The number of rotatable bonds is 7. The van der Waals surface area contributed by atoms with Crippen molar-refractivity contribution >= 4 is 27.5 Å². The second-order valence-corrected chi connectivity index (χ2v) is 9.15. The summed E-state index contributed by atoms with van der Waals surface area (Å²) < 4.78 is 57.7. The van der Waals surface area contributed by atoms with Gasteiger partial charge in [-0.25, -0.2) is 22.3 Å². The highest BCUT2D eigenvalue weighted by molar-refractivity contribution is 7.89. The minimum atomic E-state index is -3.79. The van der Waals surface area contributed by atoms with Crippen molar-refractivity contribution in [1.82, 2.24) is 4.72 Å². The monoisotopic (exact) mass is 465 g/mol. The lowest BCUT2D eigenvalue weighted by atomic mass is 10.2. The van der Waals surface area contributed by atoms with Crippen LogP contribution in [0.3, 0.4) is 0 Å². The van der Waals surface area contributed by atoms with Crippen LogP contribution in [0.25, 0.3) is 0 Å². The van der Waals surface area contributed by atoms with Crippen molar-refractivity contribution in [2.45, 2.75) is 11.0 Å². The lowest BCUT2D eigenvalue weighted by Crippen LogP contribution is -2.37. The van der Waals surface area contributed by atoms with Crippen molar-refractivity contribution in [3.8, 4) is 5.75 Å². The predicted octanol–water partition coefficient (Wildman–Crippen LogP) is 1.97. The zero-order valence-corrected chi connectivity index (χ0v) is 18.3. The number of cyclic esters (lactones) is 1. The topological polar surface area (TPSA) is 97.4 Å². The number of hydrogen-bond acceptors (Lipinski definition) is 7. The molecule has 2 aromatic rings. The summed E-state index contributed by atoms with van der Waals surface area (Å²) >= 11 is 0. The third kappa shape index (κ3) is 4.79. The summed E-state index contributed by atoms with van der Waals surface area (Å²) in [4.78, 5) is 15.6. The first-order valence-corrected chi connectivity index (χ1v) is 11.6. The van der Waals surface area contributed by atoms with E-state index >= 15 is 0 Å². The zero-order chi connectivity index (χ0) is 22.7. The molecule has 11 heteroatoms. The Morgan fingerprint density at radius 2 is 1.88 bits per heavy atom. The summed E-state index contributed by atoms with van der Waals surface area (Å²) in [6.07, 6.45) is -1.37. The van der Waals surface area contributed by atoms with E-state index in [1.54, 1.807) is 24.3 Å². The number of halogens is 1. The molecular weight excluding hydrogens is 441 g/mol. The third-order valence-corrected chi connectivity index (χ3v) is 6.78. The van der Waals surface area contributed by atoms with Gasteiger partial charge in [0.2, 0.25) is 10.0 Å². The van der Waals surface area contributed by atoms with E-state index in [9.17, 15) is 17.6 Å². The summed E-state index contributed by atoms with van der Waals surface area (Å²) in [6, 6.07) is 10.5. The van der Waals surface area contributed by atoms with Crippen LogP contribution in [0.15, 0.2) is 47.4 Å². The number of morpholine rings is 1. The summed E-state index contributed by atoms with van der Waals surface area (Å²) in [7, 11) is -2.30. The fourth-order valence-electron chi connectivity index (χ4n) is 3.60. The van der Waals surface area contributed by atoms with Gasteiger partial charge in [-0.15, -0.1) is 0 Å². The Morgan fingerprint density at radius 3 is 2.53 bits per heavy atom. The first-order chi connectivity index (χ1) is 15.4. The van der Waals surface area contributed by atoms with Crippen molar-refractivity contribution in [1.29, 1.82) is 0 Å². The number of nitrogens with zero attached hydrogens (tertiary/aromatic N) is 2. The van der Waals surface area contributed by atoms with Gasteiger partial charge in [0.05, 0.1) is 43.1 Å². The molecule has 4 rings (SSSR count). The molecule has 172 valence electrons. The van der Waals surface area contributed by atoms with Gasteiger partial charge in [-0.05, 0) is 42.5 Å². The van der Waals surface area contributed by atoms with Gasteiger partial charge in [-0.2, -0.15) is 0 Å². The van der Waals surface area contributed by atoms with Gasteiger partial charge in [0, 0.05) is 19.6 Å². The van der Waals surface area contributed by atoms with E-state index in [0.717, 1.165) is 0 Å². The molecule has 0 aromatic heterocycles. The number of benzene rings is 2. The Kier molecular flexibility index (Phi) is 6.49.